The zero-order valence-electron chi connectivity index (χ0n) is 76.6. The smallest absolute Gasteiger partial charge is 0.396 e. The van der Waals surface area contributed by atoms with Crippen molar-refractivity contribution in [1.82, 2.24) is 13.7 Å². The number of aliphatic hydroxyl groups is 5. The molecule has 7 N–H and O–H groups in total. The molecule has 0 spiro atoms. The Kier molecular flexibility index (Phi) is 30.1. The van der Waals surface area contributed by atoms with E-state index in [0.29, 0.717) is 115 Å². The van der Waals surface area contributed by atoms with Crippen molar-refractivity contribution in [3.63, 3.8) is 0 Å². The Morgan fingerprint density at radius 2 is 0.746 bits per heavy atom. The number of nitrogens with zero attached hydrogens (tertiary/aromatic N) is 3. The van der Waals surface area contributed by atoms with E-state index < -0.39 is 93.6 Å². The van der Waals surface area contributed by atoms with Crippen molar-refractivity contribution in [2.45, 2.75) is 197 Å². The zero-order chi connectivity index (χ0) is 98.4. The molecule has 728 valence electrons. The van der Waals surface area contributed by atoms with Crippen LogP contribution in [0.3, 0.4) is 0 Å². The fourth-order valence-electron chi connectivity index (χ4n) is 17.3. The van der Waals surface area contributed by atoms with E-state index in [1.54, 1.807) is 41.0 Å². The number of rotatable bonds is 37. The first-order chi connectivity index (χ1) is 65.6. The second-order valence-corrected chi connectivity index (χ2v) is 37.6. The first-order valence-electron chi connectivity index (χ1n) is 45.0. The third-order valence-electron chi connectivity index (χ3n) is 24.9. The summed E-state index contributed by atoms with van der Waals surface area (Å²) in [6.07, 6.45) is -12.1. The Labute approximate surface area is 795 Å². The SMILES string of the molecule is CC(C)(CO)c1cc2cc(CC(=O)C3(c4ccc5c(c4)OC(F)(F)O5)CC3)c(F)cc2n1C[C@@H](O)CO.CC(C)(COCc1ccccc1)c1cc2cc(CC(=O)Cc3ccc4c(c3)OC(F)(F)O4)c(F)cc2n1C[C@@H](O)COCc1ccccc1.CC(C)(COCc1ccccc1)c1cc2cc(N)c(F)cc2n1C[C@@H](O)COCc1ccccc1.O=C(Cl)C1(c2ccc3c(c2)OC(F)(F)O3)CC1. The lowest BCUT2D eigenvalue weighted by Crippen LogP contribution is -2.30. The van der Waals surface area contributed by atoms with Crippen molar-refractivity contribution < 1.29 is 127 Å². The lowest BCUT2D eigenvalue weighted by atomic mass is 9.87. The van der Waals surface area contributed by atoms with Gasteiger partial charge in [-0.2, -0.15) is 0 Å². The number of nitrogen functional groups attached to an aromatic ring is 1. The third kappa shape index (κ3) is 23.8. The van der Waals surface area contributed by atoms with Gasteiger partial charge >= 0.3 is 18.9 Å². The number of ether oxygens (including phenoxy) is 10. The Morgan fingerprint density at radius 3 is 1.14 bits per heavy atom. The summed E-state index contributed by atoms with van der Waals surface area (Å²) >= 11 is 5.51. The van der Waals surface area contributed by atoms with E-state index in [9.17, 15) is 70.6 Å². The van der Waals surface area contributed by atoms with Crippen LogP contribution in [-0.4, -0.2) is 133 Å². The summed E-state index contributed by atoms with van der Waals surface area (Å²) in [5.41, 5.74) is 12.9. The number of aromatic nitrogens is 3. The summed E-state index contributed by atoms with van der Waals surface area (Å²) in [6.45, 7) is 14.3. The number of nitrogens with two attached hydrogens (primary N) is 1. The predicted octanol–water partition coefficient (Wildman–Crippen LogP) is 19.3. The molecule has 6 heterocycles. The van der Waals surface area contributed by atoms with Gasteiger partial charge in [0, 0.05) is 74.8 Å². The minimum atomic E-state index is -3.76. The van der Waals surface area contributed by atoms with Gasteiger partial charge in [-0.05, 0) is 172 Å². The molecule has 13 aromatic rings. The van der Waals surface area contributed by atoms with Gasteiger partial charge in [-0.3, -0.25) is 14.4 Å². The Hall–Kier alpha value is -12.3. The Balaban J connectivity index is 0.000000146. The maximum atomic E-state index is 15.7. The lowest BCUT2D eigenvalue weighted by Gasteiger charge is -2.28. The van der Waals surface area contributed by atoms with E-state index in [1.807, 2.05) is 170 Å². The van der Waals surface area contributed by atoms with Crippen molar-refractivity contribution in [2.75, 3.05) is 45.4 Å². The second-order valence-electron chi connectivity index (χ2n) is 37.3. The topological polar surface area (TPSA) is 285 Å². The maximum absolute atomic E-state index is 15.7. The van der Waals surface area contributed by atoms with E-state index >= 15 is 8.78 Å². The number of ketones is 2. The quantitative estimate of drug-likeness (QED) is 0.0120. The molecule has 0 saturated heterocycles. The average molecular weight is 1930 g/mol. The van der Waals surface area contributed by atoms with Crippen LogP contribution in [0.15, 0.2) is 231 Å². The van der Waals surface area contributed by atoms with Crippen LogP contribution < -0.4 is 34.2 Å². The minimum absolute atomic E-state index is 0.00273. The summed E-state index contributed by atoms with van der Waals surface area (Å²) in [7, 11) is 0. The summed E-state index contributed by atoms with van der Waals surface area (Å²) in [4.78, 5) is 37.7. The van der Waals surface area contributed by atoms with Gasteiger partial charge in [-0.15, -0.1) is 26.3 Å². The molecule has 3 atom stereocenters. The van der Waals surface area contributed by atoms with Crippen LogP contribution in [0, 0.1) is 17.5 Å². The predicted molar refractivity (Wildman–Crippen MR) is 498 cm³/mol. The van der Waals surface area contributed by atoms with Gasteiger partial charge in [-0.25, -0.2) is 13.2 Å². The fourth-order valence-corrected chi connectivity index (χ4v) is 17.6. The highest BCUT2D eigenvalue weighted by atomic mass is 35.5. The third-order valence-corrected chi connectivity index (χ3v) is 25.3. The van der Waals surface area contributed by atoms with Crippen molar-refractivity contribution in [1.29, 1.82) is 0 Å². The highest BCUT2D eigenvalue weighted by molar-refractivity contribution is 6.66. The second kappa shape index (κ2) is 41.4. The number of hydrogen-bond acceptors (Lipinski definition) is 19. The van der Waals surface area contributed by atoms with Crippen LogP contribution in [0.1, 0.15) is 134 Å². The maximum Gasteiger partial charge on any atom is 0.586 e. The van der Waals surface area contributed by atoms with Crippen LogP contribution in [0.4, 0.5) is 45.2 Å². The molecule has 32 heteroatoms. The van der Waals surface area contributed by atoms with Gasteiger partial charge in [0.05, 0.1) is 137 Å². The number of Topliss-reactive ketones (excluding diaryl/α,β-unsaturated/α-hetero) is 2. The number of carbonyl (C=O) groups excluding carboxylic acids is 3. The van der Waals surface area contributed by atoms with Gasteiger partial charge < -0.3 is 92.3 Å². The number of hydrogen-bond donors (Lipinski definition) is 6. The van der Waals surface area contributed by atoms with Crippen molar-refractivity contribution >= 4 is 66.8 Å². The summed E-state index contributed by atoms with van der Waals surface area (Å²) in [5.74, 6) is -2.78. The van der Waals surface area contributed by atoms with E-state index in [0.717, 1.165) is 39.0 Å². The molecule has 3 aliphatic heterocycles. The van der Waals surface area contributed by atoms with Crippen LogP contribution in [-0.2, 0) is 126 Å². The largest absolute Gasteiger partial charge is 0.586 e. The molecule has 10 aromatic carbocycles. The first kappa shape index (κ1) is 100. The van der Waals surface area contributed by atoms with Gasteiger partial charge in [0.25, 0.3) is 0 Å². The minimum Gasteiger partial charge on any atom is -0.396 e. The highest BCUT2D eigenvalue weighted by Gasteiger charge is 2.54. The highest BCUT2D eigenvalue weighted by Crippen LogP contribution is 2.55. The van der Waals surface area contributed by atoms with Gasteiger partial charge in [-0.1, -0.05) is 181 Å². The van der Waals surface area contributed by atoms with Crippen molar-refractivity contribution in [3.05, 3.63) is 315 Å². The standard InChI is InChI=1S/C39H38F3NO6.C29H33FN2O3.C27H28F3NO6.C11H7ClF2O3/c1-38(2,25-47-23-27-11-7-4-8-12-27)37-19-30-17-29(18-31(44)15-28-13-14-35-36(16-28)49-39(41,42)48-35)33(40)20-34(30)43(37)21-32(45)24-46-22-26-9-5-3-6-10-26;1-29(2,20-35-18-22-11-7-4-8-12-22)28-14-23-13-26(31)25(30)15-27(23)32(28)16-24(33)19-34-17-21-9-5-3-6-10-21;1-25(2,14-33)23-8-16-7-15(19(28)11-20(16)31(23)12-18(34)13-32)9-24(35)26(5-6-26)17-3-4-21-22(10-17)37-27(29,30)36-21;12-9(15)10(3-4-10)6-1-2-7-8(5-6)17-11(13,14)16-7/h3-14,16-17,19-20,32,45H,15,18,21-25H2,1-2H3;3-15,24,33H,16-20,31H2,1-2H3;3-4,7-8,10-11,18,32-34H,5-6,9,12-14H2,1-2H3;1-2,5H,3-4H2/t32-;24-;18-;/m111./s1. The first-order valence-corrected chi connectivity index (χ1v) is 45.4. The van der Waals surface area contributed by atoms with Gasteiger partial charge in [0.15, 0.2) is 34.5 Å². The van der Waals surface area contributed by atoms with Gasteiger partial charge in [0.1, 0.15) is 29.0 Å². The molecule has 2 fully saturated rings. The van der Waals surface area contributed by atoms with Crippen LogP contribution >= 0.6 is 11.6 Å². The number of anilines is 1. The number of aliphatic hydroxyl groups excluding tert-OH is 5. The molecule has 138 heavy (non-hydrogen) atoms. The molecule has 2 saturated carbocycles. The summed E-state index contributed by atoms with van der Waals surface area (Å²) in [6, 6.07) is 66.9. The summed E-state index contributed by atoms with van der Waals surface area (Å²) < 4.78 is 180. The van der Waals surface area contributed by atoms with E-state index in [1.165, 1.54) is 60.7 Å². The Bertz CT molecular complexity index is 6530. The molecule has 0 unspecified atom stereocenters. The van der Waals surface area contributed by atoms with Crippen LogP contribution in [0.25, 0.3) is 32.7 Å². The molecular formula is C106H106ClF9N4O18. The molecule has 5 aliphatic rings. The van der Waals surface area contributed by atoms with E-state index in [2.05, 4.69) is 42.3 Å². The molecule has 0 bridgehead atoms. The molecule has 0 amide bonds. The van der Waals surface area contributed by atoms with Crippen LogP contribution in [0.2, 0.25) is 0 Å². The summed E-state index contributed by atoms with van der Waals surface area (Å²) in [5, 5.41) is 52.9. The van der Waals surface area contributed by atoms with Crippen LogP contribution in [0.5, 0.6) is 34.5 Å². The van der Waals surface area contributed by atoms with Crippen molar-refractivity contribution in [2.24, 2.45) is 0 Å². The molecule has 22 nitrogen and oxygen atoms in total. The monoisotopic (exact) mass is 1930 g/mol. The molecule has 18 rings (SSSR count). The van der Waals surface area contributed by atoms with Gasteiger partial charge in [0.2, 0.25) is 5.24 Å². The average Bonchev–Trinajstić information content (AvgIpc) is 1.61. The Morgan fingerprint density at radius 1 is 0.399 bits per heavy atom. The number of carbonyl (C=O) groups is 3. The number of fused-ring (bicyclic) bond motifs is 6. The number of halogens is 10. The molecule has 0 radical (unpaired) electrons. The molecule has 3 aromatic heterocycles. The lowest BCUT2D eigenvalue weighted by molar-refractivity contribution is -0.287. The fraction of sp³-hybridized carbons (Fsp3) is 0.349. The number of alkyl halides is 6. The molecular weight excluding hydrogens is 1820 g/mol. The van der Waals surface area contributed by atoms with Crippen molar-refractivity contribution in [3.8, 4) is 34.5 Å². The zero-order valence-corrected chi connectivity index (χ0v) is 77.3. The van der Waals surface area contributed by atoms with E-state index in [4.69, 9.17) is 36.3 Å². The number of benzene rings is 10. The normalized spacial score (nSPS) is 16.0. The molecule has 2 aliphatic carbocycles. The van der Waals surface area contributed by atoms with E-state index in [-0.39, 0.29) is 122 Å².